The van der Waals surface area contributed by atoms with Gasteiger partial charge >= 0.3 is 0 Å². The van der Waals surface area contributed by atoms with Gasteiger partial charge in [0.25, 0.3) is 0 Å². The zero-order chi connectivity index (χ0) is 19.5. The Hall–Kier alpha value is -1.61. The number of halogens is 2. The first kappa shape index (κ1) is 18.4. The van der Waals surface area contributed by atoms with E-state index in [0.717, 1.165) is 48.1 Å². The molecule has 0 saturated heterocycles. The van der Waals surface area contributed by atoms with Gasteiger partial charge in [0, 0.05) is 43.7 Å². The van der Waals surface area contributed by atoms with Gasteiger partial charge in [-0.3, -0.25) is 4.99 Å². The molecule has 3 nitrogen and oxygen atoms in total. The Morgan fingerprint density at radius 3 is 2.71 bits per heavy atom. The molecular weight excluding hydrogens is 574 g/mol. The van der Waals surface area contributed by atoms with E-state index >= 15 is 0 Å². The summed E-state index contributed by atoms with van der Waals surface area (Å²) in [5.41, 5.74) is 5.81. The first-order valence-corrected chi connectivity index (χ1v) is 12.1. The van der Waals surface area contributed by atoms with Crippen LogP contribution in [0.4, 0.5) is 11.4 Å². The zero-order valence-electron chi connectivity index (χ0n) is 15.4. The molecule has 3 aromatic rings. The van der Waals surface area contributed by atoms with E-state index in [4.69, 9.17) is 9.73 Å². The van der Waals surface area contributed by atoms with E-state index in [1.165, 1.54) is 10.9 Å². The molecule has 0 bridgehead atoms. The van der Waals surface area contributed by atoms with Crippen molar-refractivity contribution >= 4 is 79.1 Å². The van der Waals surface area contributed by atoms with Crippen LogP contribution in [0.2, 0.25) is 0 Å². The Bertz CT molecular complexity index is 1170. The van der Waals surface area contributed by atoms with E-state index < -0.39 is 5.72 Å². The first-order chi connectivity index (χ1) is 13.6. The largest absolute Gasteiger partial charge is 0.456 e. The lowest BCUT2D eigenvalue weighted by Gasteiger charge is -2.38. The van der Waals surface area contributed by atoms with E-state index in [2.05, 4.69) is 106 Å². The topological polar surface area (TPSA) is 24.8 Å². The second-order valence-electron chi connectivity index (χ2n) is 7.15. The van der Waals surface area contributed by atoms with Crippen molar-refractivity contribution in [3.63, 3.8) is 0 Å². The Morgan fingerprint density at radius 2 is 1.93 bits per heavy atom. The molecule has 2 aliphatic heterocycles. The van der Waals surface area contributed by atoms with Gasteiger partial charge in [-0.25, -0.2) is 0 Å². The number of rotatable bonds is 2. The van der Waals surface area contributed by atoms with Gasteiger partial charge in [0.1, 0.15) is 5.69 Å². The number of anilines is 1. The number of ether oxygens (including phenoxy) is 1. The highest BCUT2D eigenvalue weighted by Crippen LogP contribution is 2.52. The SMILES string of the molecule is C=C1c2ccc(CI)cc2N(C)C12C=Nc1c(c(CI)cc3ccccc13)O2. The number of alkyl halides is 2. The molecule has 140 valence electrons. The fourth-order valence-electron chi connectivity index (χ4n) is 4.10. The van der Waals surface area contributed by atoms with Gasteiger partial charge in [-0.05, 0) is 23.1 Å². The average molecular weight is 592 g/mol. The summed E-state index contributed by atoms with van der Waals surface area (Å²) < 4.78 is 8.59. The summed E-state index contributed by atoms with van der Waals surface area (Å²) in [4.78, 5) is 7.10. The van der Waals surface area contributed by atoms with Crippen LogP contribution in [0.25, 0.3) is 16.3 Å². The van der Waals surface area contributed by atoms with E-state index in [1.54, 1.807) is 0 Å². The lowest BCUT2D eigenvalue weighted by Crippen LogP contribution is -2.51. The van der Waals surface area contributed by atoms with Crippen molar-refractivity contribution in [3.05, 3.63) is 71.8 Å². The third-order valence-corrected chi connectivity index (χ3v) is 7.36. The van der Waals surface area contributed by atoms with Gasteiger partial charge in [-0.2, -0.15) is 0 Å². The molecule has 1 atom stereocenters. The summed E-state index contributed by atoms with van der Waals surface area (Å²) in [6.45, 7) is 4.41. The summed E-state index contributed by atoms with van der Waals surface area (Å²) in [6.07, 6.45) is 1.92. The number of benzene rings is 3. The van der Waals surface area contributed by atoms with Crippen LogP contribution in [0.3, 0.4) is 0 Å². The maximum atomic E-state index is 6.76. The highest BCUT2D eigenvalue weighted by Gasteiger charge is 2.49. The Kier molecular flexibility index (Phi) is 4.42. The fourth-order valence-corrected chi connectivity index (χ4v) is 5.14. The molecule has 1 spiro atoms. The lowest BCUT2D eigenvalue weighted by molar-refractivity contribution is 0.208. The van der Waals surface area contributed by atoms with Gasteiger partial charge in [-0.15, -0.1) is 0 Å². The van der Waals surface area contributed by atoms with Crippen LogP contribution in [0.1, 0.15) is 16.7 Å². The normalized spacial score (nSPS) is 19.8. The molecule has 5 heteroatoms. The Labute approximate surface area is 191 Å². The number of likely N-dealkylation sites (N-methyl/N-ethyl adjacent to an activating group) is 1. The minimum absolute atomic E-state index is 0.776. The molecule has 0 N–H and O–H groups in total. The van der Waals surface area contributed by atoms with Gasteiger partial charge in [-0.1, -0.05) is 88.2 Å². The second-order valence-corrected chi connectivity index (χ2v) is 8.67. The van der Waals surface area contributed by atoms with Crippen molar-refractivity contribution in [1.82, 2.24) is 0 Å². The standard InChI is InChI=1S/C23H18I2N2O/c1-14-18-8-7-15(11-24)9-20(18)27(2)23(14)13-26-21-19-6-4-3-5-16(19)10-17(12-25)22(21)28-23/h3-10,13H,1,11-12H2,2H3. The summed E-state index contributed by atoms with van der Waals surface area (Å²) in [7, 11) is 2.07. The molecule has 0 saturated carbocycles. The quantitative estimate of drug-likeness (QED) is 0.246. The lowest BCUT2D eigenvalue weighted by atomic mass is 9.98. The van der Waals surface area contributed by atoms with E-state index in [-0.39, 0.29) is 0 Å². The van der Waals surface area contributed by atoms with E-state index in [9.17, 15) is 0 Å². The maximum Gasteiger partial charge on any atom is 0.246 e. The smallest absolute Gasteiger partial charge is 0.246 e. The molecular formula is C23H18I2N2O. The van der Waals surface area contributed by atoms with Crippen LogP contribution in [-0.2, 0) is 8.86 Å². The van der Waals surface area contributed by atoms with Crippen LogP contribution < -0.4 is 9.64 Å². The molecule has 0 aliphatic carbocycles. The Balaban J connectivity index is 1.70. The van der Waals surface area contributed by atoms with Crippen LogP contribution >= 0.6 is 45.2 Å². The molecule has 2 heterocycles. The summed E-state index contributed by atoms with van der Waals surface area (Å²) in [6, 6.07) is 17.1. The zero-order valence-corrected chi connectivity index (χ0v) is 19.7. The molecule has 1 unspecified atom stereocenters. The summed E-state index contributed by atoms with van der Waals surface area (Å²) in [5.74, 6) is 0.866. The number of aliphatic imine (C=N–C) groups is 1. The minimum atomic E-state index is -0.776. The minimum Gasteiger partial charge on any atom is -0.456 e. The molecule has 0 aromatic heterocycles. The average Bonchev–Trinajstić information content (AvgIpc) is 2.94. The molecule has 0 fully saturated rings. The summed E-state index contributed by atoms with van der Waals surface area (Å²) in [5, 5.41) is 2.31. The van der Waals surface area contributed by atoms with Gasteiger partial charge in [0.05, 0.1) is 6.21 Å². The predicted octanol–water partition coefficient (Wildman–Crippen LogP) is 6.66. The third kappa shape index (κ3) is 2.48. The summed E-state index contributed by atoms with van der Waals surface area (Å²) >= 11 is 4.79. The molecule has 0 radical (unpaired) electrons. The monoisotopic (exact) mass is 592 g/mol. The van der Waals surface area contributed by atoms with Crippen LogP contribution in [0.5, 0.6) is 5.75 Å². The predicted molar refractivity (Wildman–Crippen MR) is 135 cm³/mol. The number of nitrogens with zero attached hydrogens (tertiary/aromatic N) is 2. The fraction of sp³-hybridized carbons (Fsp3) is 0.174. The van der Waals surface area contributed by atoms with Crippen molar-refractivity contribution in [2.75, 3.05) is 11.9 Å². The highest BCUT2D eigenvalue weighted by molar-refractivity contribution is 14.1. The molecule has 3 aromatic carbocycles. The van der Waals surface area contributed by atoms with Crippen LogP contribution in [0.15, 0.2) is 60.1 Å². The third-order valence-electron chi connectivity index (χ3n) is 5.66. The number of fused-ring (bicyclic) bond motifs is 4. The molecule has 0 amide bonds. The molecule has 28 heavy (non-hydrogen) atoms. The van der Waals surface area contributed by atoms with Crippen molar-refractivity contribution in [2.45, 2.75) is 14.6 Å². The van der Waals surface area contributed by atoms with Crippen molar-refractivity contribution in [1.29, 1.82) is 0 Å². The van der Waals surface area contributed by atoms with Crippen molar-refractivity contribution in [3.8, 4) is 5.75 Å². The van der Waals surface area contributed by atoms with Crippen LogP contribution in [-0.4, -0.2) is 19.0 Å². The number of hydrogen-bond donors (Lipinski definition) is 0. The van der Waals surface area contributed by atoms with Crippen LogP contribution in [0, 0.1) is 0 Å². The molecule has 2 aliphatic rings. The second kappa shape index (κ2) is 6.73. The van der Waals surface area contributed by atoms with E-state index in [1.807, 2.05) is 12.3 Å². The van der Waals surface area contributed by atoms with E-state index in [0.29, 0.717) is 0 Å². The molecule has 5 rings (SSSR count). The van der Waals surface area contributed by atoms with Gasteiger partial charge in [0.2, 0.25) is 5.72 Å². The van der Waals surface area contributed by atoms with Gasteiger partial charge in [0.15, 0.2) is 5.75 Å². The first-order valence-electron chi connectivity index (χ1n) is 9.06. The van der Waals surface area contributed by atoms with Crippen molar-refractivity contribution in [2.24, 2.45) is 4.99 Å². The maximum absolute atomic E-state index is 6.76. The Morgan fingerprint density at radius 1 is 1.11 bits per heavy atom. The highest BCUT2D eigenvalue weighted by atomic mass is 127. The van der Waals surface area contributed by atoms with Crippen molar-refractivity contribution < 1.29 is 4.74 Å². The number of hydrogen-bond acceptors (Lipinski definition) is 3. The van der Waals surface area contributed by atoms with Gasteiger partial charge < -0.3 is 9.64 Å².